The topological polar surface area (TPSA) is 74.2 Å². The minimum Gasteiger partial charge on any atom is -0.279 e. The average molecular weight is 283 g/mol. The molecule has 0 fully saturated rings. The number of hydrogen-bond acceptors (Lipinski definition) is 4. The molecular weight excluding hydrogens is 270 g/mol. The quantitative estimate of drug-likeness (QED) is 0.636. The second-order valence-electron chi connectivity index (χ2n) is 4.62. The molecule has 1 aromatic carbocycles. The monoisotopic (exact) mass is 283 g/mol. The molecule has 0 amide bonds. The van der Waals surface area contributed by atoms with E-state index in [1.165, 1.54) is 22.6 Å². The van der Waals surface area contributed by atoms with Gasteiger partial charge in [0.2, 0.25) is 0 Å². The molecule has 0 bridgehead atoms. The first-order valence-corrected chi connectivity index (χ1v) is 6.32. The maximum atomic E-state index is 12.0. The predicted octanol–water partition coefficient (Wildman–Crippen LogP) is 0.316. The molecule has 7 heteroatoms. The molecule has 2 heterocycles. The van der Waals surface area contributed by atoms with Crippen molar-refractivity contribution in [3.8, 4) is 0 Å². The van der Waals surface area contributed by atoms with Crippen molar-refractivity contribution in [2.45, 2.75) is 0 Å². The van der Waals surface area contributed by atoms with E-state index in [9.17, 15) is 9.59 Å². The second kappa shape index (κ2) is 4.86. The Hall–Kier alpha value is -2.96. The Morgan fingerprint density at radius 3 is 2.52 bits per heavy atom. The van der Waals surface area contributed by atoms with Crippen LogP contribution in [0, 0.1) is 0 Å². The van der Waals surface area contributed by atoms with Crippen molar-refractivity contribution in [1.82, 2.24) is 18.8 Å². The van der Waals surface area contributed by atoms with Crippen LogP contribution in [0.5, 0.6) is 0 Å². The molecule has 106 valence electrons. The molecular formula is C14H13N5O2. The van der Waals surface area contributed by atoms with Crippen LogP contribution in [0.1, 0.15) is 5.56 Å². The van der Waals surface area contributed by atoms with Gasteiger partial charge in [-0.25, -0.2) is 14.5 Å². The predicted molar refractivity (Wildman–Crippen MR) is 79.6 cm³/mol. The standard InChI is InChI=1S/C14H13N5O2/c1-17-12-11(13(20)18(2)14(17)21)15-9-19(12)16-8-10-6-4-3-5-7-10/h3-9H,1-2H3. The van der Waals surface area contributed by atoms with Gasteiger partial charge in [-0.05, 0) is 5.56 Å². The Balaban J connectivity index is 2.20. The summed E-state index contributed by atoms with van der Waals surface area (Å²) >= 11 is 0. The average Bonchev–Trinajstić information content (AvgIpc) is 2.94. The molecule has 0 saturated carbocycles. The Kier molecular flexibility index (Phi) is 3.02. The first kappa shape index (κ1) is 13.0. The van der Waals surface area contributed by atoms with Crippen LogP contribution < -0.4 is 11.2 Å². The van der Waals surface area contributed by atoms with Gasteiger partial charge in [0.1, 0.15) is 6.33 Å². The van der Waals surface area contributed by atoms with Gasteiger partial charge in [-0.3, -0.25) is 13.9 Å². The van der Waals surface area contributed by atoms with Gasteiger partial charge >= 0.3 is 5.69 Å². The van der Waals surface area contributed by atoms with Gasteiger partial charge in [0.25, 0.3) is 5.56 Å². The van der Waals surface area contributed by atoms with E-state index in [2.05, 4.69) is 10.1 Å². The molecule has 0 radical (unpaired) electrons. The number of hydrogen-bond donors (Lipinski definition) is 0. The lowest BCUT2D eigenvalue weighted by Crippen LogP contribution is -2.37. The summed E-state index contributed by atoms with van der Waals surface area (Å²) in [4.78, 5) is 28.0. The number of rotatable bonds is 2. The summed E-state index contributed by atoms with van der Waals surface area (Å²) < 4.78 is 3.80. The van der Waals surface area contributed by atoms with Gasteiger partial charge in [0.15, 0.2) is 11.2 Å². The van der Waals surface area contributed by atoms with Crippen molar-refractivity contribution in [1.29, 1.82) is 0 Å². The van der Waals surface area contributed by atoms with Crippen LogP contribution in [-0.2, 0) is 14.1 Å². The Morgan fingerprint density at radius 1 is 1.10 bits per heavy atom. The van der Waals surface area contributed by atoms with E-state index in [-0.39, 0.29) is 5.52 Å². The Labute approximate surface area is 119 Å². The smallest absolute Gasteiger partial charge is 0.279 e. The highest BCUT2D eigenvalue weighted by Gasteiger charge is 2.13. The number of imidazole rings is 1. The third-order valence-electron chi connectivity index (χ3n) is 3.25. The second-order valence-corrected chi connectivity index (χ2v) is 4.62. The molecule has 0 spiro atoms. The van der Waals surface area contributed by atoms with Crippen LogP contribution in [0.3, 0.4) is 0 Å². The van der Waals surface area contributed by atoms with Crippen molar-refractivity contribution < 1.29 is 0 Å². The van der Waals surface area contributed by atoms with Gasteiger partial charge in [0.05, 0.1) is 6.21 Å². The number of aryl methyl sites for hydroxylation is 1. The molecule has 0 N–H and O–H groups in total. The summed E-state index contributed by atoms with van der Waals surface area (Å²) in [5, 5.41) is 4.26. The Morgan fingerprint density at radius 2 is 1.81 bits per heavy atom. The van der Waals surface area contributed by atoms with Crippen LogP contribution in [-0.4, -0.2) is 25.0 Å². The van der Waals surface area contributed by atoms with Crippen LogP contribution in [0.4, 0.5) is 0 Å². The van der Waals surface area contributed by atoms with Crippen molar-refractivity contribution in [3.05, 3.63) is 63.1 Å². The lowest BCUT2D eigenvalue weighted by Gasteiger charge is -2.04. The fraction of sp³-hybridized carbons (Fsp3) is 0.143. The van der Waals surface area contributed by atoms with Crippen molar-refractivity contribution in [2.24, 2.45) is 19.2 Å². The SMILES string of the molecule is Cn1c(=O)c2ncn(N=Cc3ccccc3)c2n(C)c1=O. The van der Waals surface area contributed by atoms with Crippen LogP contribution in [0.15, 0.2) is 51.3 Å². The van der Waals surface area contributed by atoms with E-state index in [0.29, 0.717) is 5.65 Å². The summed E-state index contributed by atoms with van der Waals surface area (Å²) in [6, 6.07) is 9.52. The van der Waals surface area contributed by atoms with Crippen LogP contribution in [0.25, 0.3) is 11.2 Å². The molecule has 0 saturated heterocycles. The van der Waals surface area contributed by atoms with Gasteiger partial charge in [-0.2, -0.15) is 5.10 Å². The minimum absolute atomic E-state index is 0.213. The van der Waals surface area contributed by atoms with E-state index in [1.807, 2.05) is 30.3 Å². The number of benzene rings is 1. The summed E-state index contributed by atoms with van der Waals surface area (Å²) in [6.45, 7) is 0. The van der Waals surface area contributed by atoms with Crippen LogP contribution in [0.2, 0.25) is 0 Å². The first-order valence-electron chi connectivity index (χ1n) is 6.32. The molecule has 2 aromatic heterocycles. The van der Waals surface area contributed by atoms with Crippen molar-refractivity contribution >= 4 is 17.4 Å². The fourth-order valence-corrected chi connectivity index (χ4v) is 2.11. The largest absolute Gasteiger partial charge is 0.332 e. The zero-order valence-electron chi connectivity index (χ0n) is 11.6. The molecule has 21 heavy (non-hydrogen) atoms. The van der Waals surface area contributed by atoms with E-state index >= 15 is 0 Å². The number of fused-ring (bicyclic) bond motifs is 1. The zero-order valence-corrected chi connectivity index (χ0v) is 11.6. The molecule has 7 nitrogen and oxygen atoms in total. The number of aromatic nitrogens is 4. The summed E-state index contributed by atoms with van der Waals surface area (Å²) in [5.41, 5.74) is 0.652. The van der Waals surface area contributed by atoms with Gasteiger partial charge < -0.3 is 0 Å². The normalized spacial score (nSPS) is 11.5. The molecule has 0 aliphatic heterocycles. The third kappa shape index (κ3) is 2.08. The van der Waals surface area contributed by atoms with E-state index in [1.54, 1.807) is 13.3 Å². The van der Waals surface area contributed by atoms with Gasteiger partial charge in [-0.1, -0.05) is 30.3 Å². The van der Waals surface area contributed by atoms with E-state index < -0.39 is 11.2 Å². The zero-order chi connectivity index (χ0) is 15.0. The lowest BCUT2D eigenvalue weighted by atomic mass is 10.2. The first-order chi connectivity index (χ1) is 10.1. The molecule has 0 aliphatic rings. The third-order valence-corrected chi connectivity index (χ3v) is 3.25. The maximum absolute atomic E-state index is 12.0. The lowest BCUT2D eigenvalue weighted by molar-refractivity contribution is 0.696. The molecule has 0 aliphatic carbocycles. The summed E-state index contributed by atoms with van der Waals surface area (Å²) in [6.07, 6.45) is 3.06. The molecule has 3 aromatic rings. The molecule has 3 rings (SSSR count). The number of nitrogens with zero attached hydrogens (tertiary/aromatic N) is 5. The Bertz CT molecular complexity index is 947. The maximum Gasteiger partial charge on any atom is 0.332 e. The molecule has 0 atom stereocenters. The van der Waals surface area contributed by atoms with Gasteiger partial charge in [0, 0.05) is 14.1 Å². The van der Waals surface area contributed by atoms with E-state index in [0.717, 1.165) is 10.1 Å². The molecule has 0 unspecified atom stereocenters. The van der Waals surface area contributed by atoms with Crippen LogP contribution >= 0.6 is 0 Å². The fourth-order valence-electron chi connectivity index (χ4n) is 2.11. The summed E-state index contributed by atoms with van der Waals surface area (Å²) in [7, 11) is 3.01. The van der Waals surface area contributed by atoms with Crippen molar-refractivity contribution in [2.75, 3.05) is 0 Å². The highest BCUT2D eigenvalue weighted by molar-refractivity contribution is 5.80. The van der Waals surface area contributed by atoms with E-state index in [4.69, 9.17) is 0 Å². The highest BCUT2D eigenvalue weighted by Crippen LogP contribution is 2.05. The highest BCUT2D eigenvalue weighted by atomic mass is 16.2. The minimum atomic E-state index is -0.429. The van der Waals surface area contributed by atoms with Gasteiger partial charge in [-0.15, -0.1) is 0 Å². The summed E-state index contributed by atoms with van der Waals surface area (Å²) in [5.74, 6) is 0. The van der Waals surface area contributed by atoms with Crippen molar-refractivity contribution in [3.63, 3.8) is 0 Å².